The average Bonchev–Trinajstić information content (AvgIpc) is 2.48. The topological polar surface area (TPSA) is 32.5 Å². The lowest BCUT2D eigenvalue weighted by Gasteiger charge is -2.29. The van der Waals surface area contributed by atoms with Gasteiger partial charge in [-0.25, -0.2) is 0 Å². The Hall–Kier alpha value is -1.22. The van der Waals surface area contributed by atoms with Gasteiger partial charge in [-0.2, -0.15) is 0 Å². The third-order valence-electron chi connectivity index (χ3n) is 3.96. The van der Waals surface area contributed by atoms with Crippen molar-refractivity contribution in [1.29, 1.82) is 0 Å². The Balaban J connectivity index is 1.89. The summed E-state index contributed by atoms with van der Waals surface area (Å²) < 4.78 is 0. The minimum atomic E-state index is 0.793. The van der Waals surface area contributed by atoms with E-state index in [0.29, 0.717) is 0 Å². The van der Waals surface area contributed by atoms with Crippen LogP contribution in [0, 0.1) is 0 Å². The molecule has 1 heterocycles. The molecule has 3 heteroatoms. The zero-order valence-electron chi connectivity index (χ0n) is 12.1. The molecule has 2 N–H and O–H groups in total. The zero-order chi connectivity index (χ0) is 13.5. The Morgan fingerprint density at radius 3 is 2.37 bits per heavy atom. The minimum absolute atomic E-state index is 0.793. The van der Waals surface area contributed by atoms with Crippen LogP contribution in [0.4, 0.5) is 11.4 Å². The summed E-state index contributed by atoms with van der Waals surface area (Å²) in [5.41, 5.74) is 8.21. The van der Waals surface area contributed by atoms with Crippen molar-refractivity contribution >= 4 is 11.4 Å². The second-order valence-electron chi connectivity index (χ2n) is 5.48. The number of anilines is 2. The summed E-state index contributed by atoms with van der Waals surface area (Å²) in [5.74, 6) is 0. The lowest BCUT2D eigenvalue weighted by atomic mass is 10.1. The van der Waals surface area contributed by atoms with E-state index in [1.54, 1.807) is 0 Å². The van der Waals surface area contributed by atoms with Gasteiger partial charge in [0.05, 0.1) is 0 Å². The number of unbranched alkanes of at least 4 members (excludes halogenated alkanes) is 1. The largest absolute Gasteiger partial charge is 0.375 e. The first-order chi connectivity index (χ1) is 9.31. The van der Waals surface area contributed by atoms with Gasteiger partial charge < -0.3 is 15.5 Å². The van der Waals surface area contributed by atoms with E-state index in [9.17, 15) is 0 Å². The van der Waals surface area contributed by atoms with Crippen LogP contribution in [0.2, 0.25) is 0 Å². The second kappa shape index (κ2) is 7.39. The molecule has 19 heavy (non-hydrogen) atoms. The summed E-state index contributed by atoms with van der Waals surface area (Å²) in [6.45, 7) is 4.30. The molecule has 1 aliphatic rings. The van der Waals surface area contributed by atoms with Gasteiger partial charge in [-0.3, -0.25) is 0 Å². The van der Waals surface area contributed by atoms with E-state index in [1.165, 1.54) is 50.1 Å². The van der Waals surface area contributed by atoms with Crippen molar-refractivity contribution in [3.05, 3.63) is 24.3 Å². The lowest BCUT2D eigenvalue weighted by molar-refractivity contribution is 0.578. The van der Waals surface area contributed by atoms with Crippen molar-refractivity contribution in [2.24, 2.45) is 5.73 Å². The summed E-state index contributed by atoms with van der Waals surface area (Å²) in [5, 5.41) is 0. The molecule has 1 aliphatic heterocycles. The van der Waals surface area contributed by atoms with Gasteiger partial charge in [0.15, 0.2) is 0 Å². The number of rotatable bonds is 6. The van der Waals surface area contributed by atoms with Gasteiger partial charge in [0, 0.05) is 38.1 Å². The number of hydrogen-bond acceptors (Lipinski definition) is 3. The molecular formula is C16H27N3. The fraction of sp³-hybridized carbons (Fsp3) is 0.625. The molecule has 0 bridgehead atoms. The van der Waals surface area contributed by atoms with Crippen LogP contribution in [-0.4, -0.2) is 33.2 Å². The van der Waals surface area contributed by atoms with E-state index in [-0.39, 0.29) is 0 Å². The van der Waals surface area contributed by atoms with Gasteiger partial charge in [0.1, 0.15) is 0 Å². The highest BCUT2D eigenvalue weighted by Gasteiger charge is 2.10. The van der Waals surface area contributed by atoms with E-state index in [1.807, 2.05) is 0 Å². The fourth-order valence-corrected chi connectivity index (χ4v) is 2.69. The van der Waals surface area contributed by atoms with Gasteiger partial charge >= 0.3 is 0 Å². The van der Waals surface area contributed by atoms with Gasteiger partial charge in [-0.15, -0.1) is 0 Å². The smallest absolute Gasteiger partial charge is 0.0367 e. The molecular weight excluding hydrogens is 234 g/mol. The van der Waals surface area contributed by atoms with Crippen LogP contribution in [-0.2, 0) is 0 Å². The first-order valence-corrected chi connectivity index (χ1v) is 7.57. The van der Waals surface area contributed by atoms with Crippen LogP contribution >= 0.6 is 0 Å². The number of nitrogens with two attached hydrogens (primary N) is 1. The van der Waals surface area contributed by atoms with E-state index < -0.39 is 0 Å². The number of benzene rings is 1. The maximum absolute atomic E-state index is 5.53. The molecule has 2 rings (SSSR count). The molecule has 0 radical (unpaired) electrons. The molecule has 0 aromatic heterocycles. The zero-order valence-corrected chi connectivity index (χ0v) is 12.1. The van der Waals surface area contributed by atoms with Crippen molar-refractivity contribution in [1.82, 2.24) is 0 Å². The molecule has 0 spiro atoms. The molecule has 0 unspecified atom stereocenters. The SMILES string of the molecule is CN(CCCCN)c1ccc(N2CCCCC2)cc1. The van der Waals surface area contributed by atoms with Gasteiger partial charge in [-0.05, 0) is 62.9 Å². The Bertz CT molecular complexity index is 355. The standard InChI is InChI=1S/C16H27N3/c1-18(12-6-3-11-17)15-7-9-16(10-8-15)19-13-4-2-5-14-19/h7-10H,2-6,11-14,17H2,1H3. The van der Waals surface area contributed by atoms with Crippen LogP contribution in [0.25, 0.3) is 0 Å². The van der Waals surface area contributed by atoms with E-state index in [2.05, 4.69) is 41.1 Å². The first kappa shape index (κ1) is 14.2. The summed E-state index contributed by atoms with van der Waals surface area (Å²) in [6, 6.07) is 9.01. The van der Waals surface area contributed by atoms with E-state index >= 15 is 0 Å². The Morgan fingerprint density at radius 1 is 1.05 bits per heavy atom. The van der Waals surface area contributed by atoms with Crippen LogP contribution in [0.15, 0.2) is 24.3 Å². The van der Waals surface area contributed by atoms with E-state index in [0.717, 1.165) is 19.5 Å². The third-order valence-corrected chi connectivity index (χ3v) is 3.96. The molecule has 106 valence electrons. The van der Waals surface area contributed by atoms with Crippen LogP contribution < -0.4 is 15.5 Å². The van der Waals surface area contributed by atoms with Crippen molar-refractivity contribution in [2.45, 2.75) is 32.1 Å². The number of nitrogens with zero attached hydrogens (tertiary/aromatic N) is 2. The van der Waals surface area contributed by atoms with Gasteiger partial charge in [0.2, 0.25) is 0 Å². The molecule has 1 aromatic carbocycles. The molecule has 0 aliphatic carbocycles. The summed E-state index contributed by atoms with van der Waals surface area (Å²) in [7, 11) is 2.16. The highest BCUT2D eigenvalue weighted by molar-refractivity contribution is 5.56. The molecule has 1 fully saturated rings. The molecule has 1 saturated heterocycles. The molecule has 0 amide bonds. The molecule has 3 nitrogen and oxygen atoms in total. The molecule has 0 atom stereocenters. The van der Waals surface area contributed by atoms with Crippen molar-refractivity contribution in [3.63, 3.8) is 0 Å². The predicted molar refractivity (Wildman–Crippen MR) is 84.1 cm³/mol. The van der Waals surface area contributed by atoms with E-state index in [4.69, 9.17) is 5.73 Å². The van der Waals surface area contributed by atoms with Gasteiger partial charge in [0.25, 0.3) is 0 Å². The maximum Gasteiger partial charge on any atom is 0.0367 e. The van der Waals surface area contributed by atoms with Gasteiger partial charge in [-0.1, -0.05) is 0 Å². The van der Waals surface area contributed by atoms with Crippen molar-refractivity contribution in [3.8, 4) is 0 Å². The summed E-state index contributed by atoms with van der Waals surface area (Å²) in [6.07, 6.45) is 6.33. The average molecular weight is 261 g/mol. The Morgan fingerprint density at radius 2 is 1.74 bits per heavy atom. The second-order valence-corrected chi connectivity index (χ2v) is 5.48. The van der Waals surface area contributed by atoms with Crippen LogP contribution in [0.5, 0.6) is 0 Å². The highest BCUT2D eigenvalue weighted by atomic mass is 15.1. The number of hydrogen-bond donors (Lipinski definition) is 1. The third kappa shape index (κ3) is 4.13. The van der Waals surface area contributed by atoms with Crippen molar-refractivity contribution < 1.29 is 0 Å². The Labute approximate surface area is 117 Å². The maximum atomic E-state index is 5.53. The Kier molecular flexibility index (Phi) is 5.52. The summed E-state index contributed by atoms with van der Waals surface area (Å²) in [4.78, 5) is 4.82. The first-order valence-electron chi connectivity index (χ1n) is 7.57. The quantitative estimate of drug-likeness (QED) is 0.799. The number of piperidine rings is 1. The lowest BCUT2D eigenvalue weighted by Crippen LogP contribution is -2.29. The van der Waals surface area contributed by atoms with Crippen molar-refractivity contribution in [2.75, 3.05) is 43.0 Å². The summed E-state index contributed by atoms with van der Waals surface area (Å²) >= 11 is 0. The highest BCUT2D eigenvalue weighted by Crippen LogP contribution is 2.23. The minimum Gasteiger partial charge on any atom is -0.375 e. The van der Waals surface area contributed by atoms with Crippen LogP contribution in [0.1, 0.15) is 32.1 Å². The normalized spacial score (nSPS) is 15.6. The monoisotopic (exact) mass is 261 g/mol. The fourth-order valence-electron chi connectivity index (χ4n) is 2.69. The van der Waals surface area contributed by atoms with Crippen LogP contribution in [0.3, 0.4) is 0 Å². The predicted octanol–water partition coefficient (Wildman–Crippen LogP) is 2.85. The molecule has 0 saturated carbocycles. The molecule has 1 aromatic rings.